The Labute approximate surface area is 131 Å². The molecule has 1 N–H and O–H groups in total. The molecule has 1 atom stereocenters. The van der Waals surface area contributed by atoms with Crippen molar-refractivity contribution < 1.29 is 8.95 Å². The number of methoxy groups -OCH3 is 1. The van der Waals surface area contributed by atoms with E-state index in [4.69, 9.17) is 4.74 Å². The summed E-state index contributed by atoms with van der Waals surface area (Å²) in [6.45, 7) is 7.26. The summed E-state index contributed by atoms with van der Waals surface area (Å²) < 4.78 is 17.6. The molecule has 0 radical (unpaired) electrons. The molecule has 0 bridgehead atoms. The van der Waals surface area contributed by atoms with Crippen LogP contribution in [0.4, 0.5) is 0 Å². The highest BCUT2D eigenvalue weighted by molar-refractivity contribution is 7.84. The number of rotatable bonds is 10. The molecule has 0 aliphatic heterocycles. The molecule has 120 valence electrons. The van der Waals surface area contributed by atoms with Gasteiger partial charge in [-0.1, -0.05) is 39.7 Å². The first kappa shape index (κ1) is 18.2. The van der Waals surface area contributed by atoms with Crippen LogP contribution in [0.5, 0.6) is 5.75 Å². The highest BCUT2D eigenvalue weighted by Crippen LogP contribution is 2.22. The van der Waals surface area contributed by atoms with Crippen LogP contribution in [0.25, 0.3) is 0 Å². The zero-order valence-electron chi connectivity index (χ0n) is 13.8. The molecule has 1 aromatic carbocycles. The molecule has 0 saturated carbocycles. The Balaban J connectivity index is 2.68. The highest BCUT2D eigenvalue weighted by Gasteiger charge is 2.09. The standard InChI is InChI=1S/C17H29NO2S/c1-5-6-7-10-21(19)13-16-11-15(12-18-14(2)3)8-9-17(16)20-4/h8-9,11,14,18H,5-7,10,12-13H2,1-4H3. The predicted molar refractivity (Wildman–Crippen MR) is 91.2 cm³/mol. The Morgan fingerprint density at radius 3 is 2.67 bits per heavy atom. The third-order valence-corrected chi connectivity index (χ3v) is 4.73. The van der Waals surface area contributed by atoms with Gasteiger partial charge in [0.05, 0.1) is 12.9 Å². The Morgan fingerprint density at radius 1 is 1.29 bits per heavy atom. The summed E-state index contributed by atoms with van der Waals surface area (Å²) in [6.07, 6.45) is 3.36. The van der Waals surface area contributed by atoms with Gasteiger partial charge in [0.1, 0.15) is 5.75 Å². The molecule has 3 nitrogen and oxygen atoms in total. The Bertz CT molecular complexity index is 446. The second kappa shape index (κ2) is 9.96. The summed E-state index contributed by atoms with van der Waals surface area (Å²) in [5, 5.41) is 3.41. The fourth-order valence-corrected chi connectivity index (χ4v) is 3.38. The van der Waals surface area contributed by atoms with Crippen molar-refractivity contribution in [3.63, 3.8) is 0 Å². The predicted octanol–water partition coefficient (Wildman–Crippen LogP) is 3.63. The van der Waals surface area contributed by atoms with Gasteiger partial charge >= 0.3 is 0 Å². The lowest BCUT2D eigenvalue weighted by Gasteiger charge is -2.13. The Hall–Kier alpha value is -0.870. The van der Waals surface area contributed by atoms with Gasteiger partial charge in [0.25, 0.3) is 0 Å². The van der Waals surface area contributed by atoms with Crippen LogP contribution in [-0.4, -0.2) is 23.1 Å². The Kier molecular flexibility index (Phi) is 8.62. The fourth-order valence-electron chi connectivity index (χ4n) is 2.14. The molecular formula is C17H29NO2S. The minimum absolute atomic E-state index is 0.457. The van der Waals surface area contributed by atoms with E-state index in [0.29, 0.717) is 11.8 Å². The van der Waals surface area contributed by atoms with Gasteiger partial charge in [-0.15, -0.1) is 0 Å². The molecule has 0 amide bonds. The normalized spacial score (nSPS) is 12.6. The van der Waals surface area contributed by atoms with E-state index in [9.17, 15) is 4.21 Å². The summed E-state index contributed by atoms with van der Waals surface area (Å²) in [5.41, 5.74) is 2.26. The van der Waals surface area contributed by atoms with Crippen LogP contribution >= 0.6 is 0 Å². The van der Waals surface area contributed by atoms with Crippen molar-refractivity contribution >= 4 is 10.8 Å². The van der Waals surface area contributed by atoms with E-state index in [1.54, 1.807) is 7.11 Å². The van der Waals surface area contributed by atoms with Crippen LogP contribution in [-0.2, 0) is 23.1 Å². The summed E-state index contributed by atoms with van der Waals surface area (Å²) >= 11 is 0. The molecular weight excluding hydrogens is 282 g/mol. The highest BCUT2D eigenvalue weighted by atomic mass is 32.2. The third-order valence-electron chi connectivity index (χ3n) is 3.35. The van der Waals surface area contributed by atoms with E-state index in [-0.39, 0.29) is 0 Å². The van der Waals surface area contributed by atoms with Crippen LogP contribution < -0.4 is 10.1 Å². The molecule has 1 rings (SSSR count). The average molecular weight is 311 g/mol. The van der Waals surface area contributed by atoms with Gasteiger partial charge in [0.15, 0.2) is 0 Å². The van der Waals surface area contributed by atoms with E-state index in [1.165, 1.54) is 5.56 Å². The van der Waals surface area contributed by atoms with Crippen molar-refractivity contribution in [1.29, 1.82) is 0 Å². The quantitative estimate of drug-likeness (QED) is 0.671. The maximum absolute atomic E-state index is 12.2. The molecule has 0 aliphatic carbocycles. The molecule has 0 heterocycles. The van der Waals surface area contributed by atoms with Crippen molar-refractivity contribution in [1.82, 2.24) is 5.32 Å². The van der Waals surface area contributed by atoms with Crippen molar-refractivity contribution in [3.05, 3.63) is 29.3 Å². The molecule has 0 aliphatic rings. The zero-order valence-corrected chi connectivity index (χ0v) is 14.6. The molecule has 1 aromatic rings. The van der Waals surface area contributed by atoms with E-state index in [0.717, 1.165) is 42.9 Å². The first-order chi connectivity index (χ1) is 10.1. The van der Waals surface area contributed by atoms with Crippen LogP contribution in [0.15, 0.2) is 18.2 Å². The van der Waals surface area contributed by atoms with Crippen LogP contribution in [0.2, 0.25) is 0 Å². The first-order valence-electron chi connectivity index (χ1n) is 7.81. The molecule has 1 unspecified atom stereocenters. The summed E-state index contributed by atoms with van der Waals surface area (Å²) in [6, 6.07) is 6.62. The molecule has 0 saturated heterocycles. The lowest BCUT2D eigenvalue weighted by molar-refractivity contribution is 0.411. The van der Waals surface area contributed by atoms with E-state index in [2.05, 4.69) is 38.2 Å². The zero-order chi connectivity index (χ0) is 15.7. The monoisotopic (exact) mass is 311 g/mol. The Morgan fingerprint density at radius 2 is 2.05 bits per heavy atom. The summed E-state index contributed by atoms with van der Waals surface area (Å²) in [5.74, 6) is 2.21. The number of hydrogen-bond acceptors (Lipinski definition) is 3. The molecule has 0 spiro atoms. The summed E-state index contributed by atoms with van der Waals surface area (Å²) in [7, 11) is 0.866. The second-order valence-electron chi connectivity index (χ2n) is 5.68. The van der Waals surface area contributed by atoms with Crippen LogP contribution in [0, 0.1) is 0 Å². The second-order valence-corrected chi connectivity index (χ2v) is 7.25. The first-order valence-corrected chi connectivity index (χ1v) is 9.29. The molecule has 0 aromatic heterocycles. The van der Waals surface area contributed by atoms with E-state index < -0.39 is 10.8 Å². The van der Waals surface area contributed by atoms with Crippen molar-refractivity contribution in [2.45, 2.75) is 58.4 Å². The number of nitrogens with one attached hydrogen (secondary N) is 1. The van der Waals surface area contributed by atoms with Gasteiger partial charge in [-0.05, 0) is 24.1 Å². The maximum atomic E-state index is 12.2. The van der Waals surface area contributed by atoms with Gasteiger partial charge in [0, 0.05) is 34.7 Å². The van der Waals surface area contributed by atoms with E-state index >= 15 is 0 Å². The van der Waals surface area contributed by atoms with Gasteiger partial charge in [-0.3, -0.25) is 4.21 Å². The maximum Gasteiger partial charge on any atom is 0.123 e. The minimum atomic E-state index is -0.806. The molecule has 21 heavy (non-hydrogen) atoms. The number of unbranched alkanes of at least 4 members (excludes halogenated alkanes) is 2. The smallest absolute Gasteiger partial charge is 0.123 e. The average Bonchev–Trinajstić information content (AvgIpc) is 2.45. The number of benzene rings is 1. The third kappa shape index (κ3) is 7.09. The minimum Gasteiger partial charge on any atom is -0.496 e. The van der Waals surface area contributed by atoms with Crippen LogP contribution in [0.3, 0.4) is 0 Å². The summed E-state index contributed by atoms with van der Waals surface area (Å²) in [4.78, 5) is 0. The van der Waals surface area contributed by atoms with E-state index in [1.807, 2.05) is 6.07 Å². The molecule has 4 heteroatoms. The SMILES string of the molecule is CCCCCS(=O)Cc1cc(CNC(C)C)ccc1OC. The fraction of sp³-hybridized carbons (Fsp3) is 0.647. The van der Waals surface area contributed by atoms with Gasteiger partial charge in [-0.25, -0.2) is 0 Å². The van der Waals surface area contributed by atoms with Crippen molar-refractivity contribution in [2.24, 2.45) is 0 Å². The van der Waals surface area contributed by atoms with Gasteiger partial charge < -0.3 is 10.1 Å². The lowest BCUT2D eigenvalue weighted by Crippen LogP contribution is -2.21. The molecule has 0 fully saturated rings. The van der Waals surface area contributed by atoms with Crippen molar-refractivity contribution in [2.75, 3.05) is 12.9 Å². The largest absolute Gasteiger partial charge is 0.496 e. The lowest BCUT2D eigenvalue weighted by atomic mass is 10.1. The van der Waals surface area contributed by atoms with Gasteiger partial charge in [-0.2, -0.15) is 0 Å². The van der Waals surface area contributed by atoms with Crippen molar-refractivity contribution in [3.8, 4) is 5.75 Å². The number of ether oxygens (including phenoxy) is 1. The number of hydrogen-bond donors (Lipinski definition) is 1. The topological polar surface area (TPSA) is 38.3 Å². The van der Waals surface area contributed by atoms with Crippen LogP contribution in [0.1, 0.15) is 51.2 Å². The van der Waals surface area contributed by atoms with Gasteiger partial charge in [0.2, 0.25) is 0 Å².